The molecule has 1 atom stereocenters. The van der Waals surface area contributed by atoms with Gasteiger partial charge >= 0.3 is 35.7 Å². The zero-order valence-electron chi connectivity index (χ0n) is 13.4. The second kappa shape index (κ2) is 10.5. The van der Waals surface area contributed by atoms with Crippen molar-refractivity contribution in [2.75, 3.05) is 6.54 Å². The summed E-state index contributed by atoms with van der Waals surface area (Å²) in [4.78, 5) is 22.4. The molecule has 0 saturated carbocycles. The molecule has 0 aliphatic rings. The van der Waals surface area contributed by atoms with Gasteiger partial charge in [-0.3, -0.25) is 4.79 Å². The van der Waals surface area contributed by atoms with E-state index in [9.17, 15) is 27.9 Å². The Morgan fingerprint density at radius 1 is 1.33 bits per heavy atom. The molecule has 1 unspecified atom stereocenters. The third kappa shape index (κ3) is 7.99. The molecule has 0 aliphatic carbocycles. The number of halogens is 3. The molecular formula is C16H17F3NNaO3. The number of hydrogen-bond donors (Lipinski definition) is 1. The van der Waals surface area contributed by atoms with Gasteiger partial charge in [0.05, 0.1) is 5.56 Å². The van der Waals surface area contributed by atoms with Crippen LogP contribution in [0.2, 0.25) is 0 Å². The van der Waals surface area contributed by atoms with Crippen LogP contribution in [0.25, 0.3) is 0 Å². The molecule has 0 radical (unpaired) electrons. The van der Waals surface area contributed by atoms with E-state index < -0.39 is 29.5 Å². The van der Waals surface area contributed by atoms with Gasteiger partial charge in [0.1, 0.15) is 0 Å². The average Bonchev–Trinajstić information content (AvgIpc) is 2.46. The largest absolute Gasteiger partial charge is 1.00 e. The van der Waals surface area contributed by atoms with Crippen molar-refractivity contribution in [3.8, 4) is 0 Å². The van der Waals surface area contributed by atoms with Crippen LogP contribution in [0.3, 0.4) is 0 Å². The predicted molar refractivity (Wildman–Crippen MR) is 76.1 cm³/mol. The number of benzene rings is 1. The maximum absolute atomic E-state index is 12.6. The summed E-state index contributed by atoms with van der Waals surface area (Å²) in [5.74, 6) is -2.79. The first-order valence-electron chi connectivity index (χ1n) is 6.98. The smallest absolute Gasteiger partial charge is 0.550 e. The molecule has 0 saturated heterocycles. The van der Waals surface area contributed by atoms with Crippen molar-refractivity contribution in [1.82, 2.24) is 5.32 Å². The molecule has 24 heavy (non-hydrogen) atoms. The number of allylic oxidation sites excluding steroid dienone is 1. The average molecular weight is 351 g/mol. The Kier molecular flexibility index (Phi) is 9.96. The molecular weight excluding hydrogens is 334 g/mol. The minimum absolute atomic E-state index is 0. The molecule has 1 aromatic carbocycles. The number of alkyl halides is 3. The number of carbonyl (C=O) groups is 2. The van der Waals surface area contributed by atoms with Crippen LogP contribution in [0.15, 0.2) is 36.9 Å². The number of carboxylic acid groups (broad SMARTS) is 1. The minimum atomic E-state index is -4.41. The van der Waals surface area contributed by atoms with Crippen LogP contribution >= 0.6 is 0 Å². The van der Waals surface area contributed by atoms with Gasteiger partial charge in [-0.05, 0) is 24.5 Å². The first-order valence-corrected chi connectivity index (χ1v) is 6.98. The zero-order chi connectivity index (χ0) is 17.5. The fraction of sp³-hybridized carbons (Fsp3) is 0.375. The summed E-state index contributed by atoms with van der Waals surface area (Å²) in [5.41, 5.74) is -0.313. The maximum Gasteiger partial charge on any atom is 1.00 e. The second-order valence-corrected chi connectivity index (χ2v) is 5.04. The van der Waals surface area contributed by atoms with Gasteiger partial charge in [0, 0.05) is 24.9 Å². The van der Waals surface area contributed by atoms with Crippen LogP contribution in [0.4, 0.5) is 13.2 Å². The molecule has 0 fully saturated rings. The Labute approximate surface area is 160 Å². The topological polar surface area (TPSA) is 69.2 Å². The Bertz CT molecular complexity index is 576. The summed E-state index contributed by atoms with van der Waals surface area (Å²) in [6.45, 7) is 3.52. The first-order chi connectivity index (χ1) is 10.7. The molecule has 0 aliphatic heterocycles. The molecule has 1 amide bonds. The van der Waals surface area contributed by atoms with Crippen molar-refractivity contribution in [3.63, 3.8) is 0 Å². The Balaban J connectivity index is 0.00000529. The van der Waals surface area contributed by atoms with Crippen molar-refractivity contribution in [2.45, 2.75) is 25.4 Å². The van der Waals surface area contributed by atoms with E-state index in [0.29, 0.717) is 5.56 Å². The number of carbonyl (C=O) groups excluding carboxylic acids is 2. The summed E-state index contributed by atoms with van der Waals surface area (Å²) < 4.78 is 37.7. The van der Waals surface area contributed by atoms with Gasteiger partial charge in [-0.15, -0.1) is 6.58 Å². The number of nitrogens with one attached hydrogen (secondary N) is 1. The van der Waals surface area contributed by atoms with E-state index >= 15 is 0 Å². The second-order valence-electron chi connectivity index (χ2n) is 5.04. The monoisotopic (exact) mass is 351 g/mol. The molecule has 4 nitrogen and oxygen atoms in total. The summed E-state index contributed by atoms with van der Waals surface area (Å²) in [6.07, 6.45) is -2.95. The van der Waals surface area contributed by atoms with Crippen LogP contribution in [-0.4, -0.2) is 18.4 Å². The minimum Gasteiger partial charge on any atom is -0.550 e. The van der Waals surface area contributed by atoms with E-state index in [1.807, 2.05) is 0 Å². The molecule has 1 N–H and O–H groups in total. The van der Waals surface area contributed by atoms with Crippen LogP contribution in [0.1, 0.15) is 24.0 Å². The molecule has 0 bridgehead atoms. The van der Waals surface area contributed by atoms with Crippen LogP contribution in [0.5, 0.6) is 0 Å². The fourth-order valence-electron chi connectivity index (χ4n) is 2.01. The Hall–Kier alpha value is -1.31. The number of carboxylic acids is 1. The first kappa shape index (κ1) is 22.7. The zero-order valence-corrected chi connectivity index (χ0v) is 15.4. The van der Waals surface area contributed by atoms with Crippen molar-refractivity contribution >= 4 is 11.9 Å². The third-order valence-electron chi connectivity index (χ3n) is 3.21. The van der Waals surface area contributed by atoms with Gasteiger partial charge in [-0.25, -0.2) is 0 Å². The summed E-state index contributed by atoms with van der Waals surface area (Å²) in [5, 5.41) is 13.3. The molecule has 0 spiro atoms. The molecule has 126 valence electrons. The van der Waals surface area contributed by atoms with E-state index in [0.717, 1.165) is 12.1 Å². The summed E-state index contributed by atoms with van der Waals surface area (Å²) in [7, 11) is 0. The van der Waals surface area contributed by atoms with E-state index in [-0.39, 0.29) is 55.4 Å². The van der Waals surface area contributed by atoms with Crippen LogP contribution in [-0.2, 0) is 22.2 Å². The SMILES string of the molecule is C=CCC(CC(=O)NCCc1cccc(C(F)(F)F)c1)C(=O)[O-].[Na+]. The number of hydrogen-bond acceptors (Lipinski definition) is 3. The molecule has 1 aromatic rings. The molecule has 1 rings (SSSR count). The molecule has 0 heterocycles. The van der Waals surface area contributed by atoms with Gasteiger partial charge in [-0.1, -0.05) is 24.3 Å². The quantitative estimate of drug-likeness (QED) is 0.468. The third-order valence-corrected chi connectivity index (χ3v) is 3.21. The van der Waals surface area contributed by atoms with Crippen LogP contribution < -0.4 is 40.0 Å². The normalized spacial score (nSPS) is 12.0. The van der Waals surface area contributed by atoms with Gasteiger partial charge in [0.2, 0.25) is 5.91 Å². The fourth-order valence-corrected chi connectivity index (χ4v) is 2.01. The van der Waals surface area contributed by atoms with Crippen LogP contribution in [0, 0.1) is 5.92 Å². The van der Waals surface area contributed by atoms with Crippen molar-refractivity contribution < 1.29 is 57.4 Å². The van der Waals surface area contributed by atoms with Gasteiger partial charge in [0.25, 0.3) is 0 Å². The van der Waals surface area contributed by atoms with E-state index in [1.165, 1.54) is 18.2 Å². The van der Waals surface area contributed by atoms with E-state index in [4.69, 9.17) is 0 Å². The van der Waals surface area contributed by atoms with Crippen molar-refractivity contribution in [1.29, 1.82) is 0 Å². The summed E-state index contributed by atoms with van der Waals surface area (Å²) >= 11 is 0. The number of aliphatic carboxylic acids is 1. The standard InChI is InChI=1S/C16H18F3NO3.Na/c1-2-4-12(15(22)23)10-14(21)20-8-7-11-5-3-6-13(9-11)16(17,18)19;/h2-3,5-6,9,12H,1,4,7-8,10H2,(H,20,21)(H,22,23);/q;+1/p-1. The predicted octanol–water partition coefficient (Wildman–Crippen LogP) is -1.30. The van der Waals surface area contributed by atoms with Crippen molar-refractivity contribution in [3.05, 3.63) is 48.0 Å². The number of rotatable bonds is 8. The van der Waals surface area contributed by atoms with Crippen molar-refractivity contribution in [2.24, 2.45) is 5.92 Å². The molecule has 0 aromatic heterocycles. The van der Waals surface area contributed by atoms with Gasteiger partial charge in [-0.2, -0.15) is 13.2 Å². The Morgan fingerprint density at radius 3 is 2.54 bits per heavy atom. The van der Waals surface area contributed by atoms with E-state index in [2.05, 4.69) is 11.9 Å². The number of amides is 1. The maximum atomic E-state index is 12.6. The Morgan fingerprint density at radius 2 is 2.00 bits per heavy atom. The van der Waals surface area contributed by atoms with E-state index in [1.54, 1.807) is 0 Å². The molecule has 8 heteroatoms. The summed E-state index contributed by atoms with van der Waals surface area (Å²) in [6, 6.07) is 4.83. The van der Waals surface area contributed by atoms with Gasteiger partial charge < -0.3 is 15.2 Å². The van der Waals surface area contributed by atoms with Gasteiger partial charge in [0.15, 0.2) is 0 Å².